The van der Waals surface area contributed by atoms with Crippen LogP contribution in [0, 0.1) is 5.82 Å². The minimum Gasteiger partial charge on any atom is -0.385 e. The molecule has 2 aromatic carbocycles. The van der Waals surface area contributed by atoms with Crippen molar-refractivity contribution in [1.29, 1.82) is 0 Å². The van der Waals surface area contributed by atoms with Crippen molar-refractivity contribution in [2.45, 2.75) is 18.9 Å². The third-order valence-corrected chi connectivity index (χ3v) is 2.85. The Labute approximate surface area is 101 Å². The van der Waals surface area contributed by atoms with Gasteiger partial charge in [-0.15, -0.1) is 0 Å². The fourth-order valence-electron chi connectivity index (χ4n) is 1.99. The lowest BCUT2D eigenvalue weighted by atomic mass is 9.89. The van der Waals surface area contributed by atoms with E-state index in [4.69, 9.17) is 0 Å². The van der Waals surface area contributed by atoms with E-state index in [1.165, 1.54) is 6.07 Å². The Hall–Kier alpha value is -1.67. The van der Waals surface area contributed by atoms with Crippen molar-refractivity contribution >= 4 is 0 Å². The van der Waals surface area contributed by atoms with Gasteiger partial charge in [-0.2, -0.15) is 0 Å². The Bertz CT molecular complexity index is 491. The van der Waals surface area contributed by atoms with Gasteiger partial charge in [0.15, 0.2) is 0 Å². The fraction of sp³-hybridized carbons (Fsp3) is 0.200. The van der Waals surface area contributed by atoms with Gasteiger partial charge in [-0.3, -0.25) is 0 Å². The van der Waals surface area contributed by atoms with E-state index >= 15 is 0 Å². The summed E-state index contributed by atoms with van der Waals surface area (Å²) in [5, 5.41) is 10.4. The van der Waals surface area contributed by atoms with Crippen LogP contribution in [0.2, 0.25) is 0 Å². The lowest BCUT2D eigenvalue weighted by molar-refractivity contribution is 0.0538. The Morgan fingerprint density at radius 1 is 1.00 bits per heavy atom. The van der Waals surface area contributed by atoms with Gasteiger partial charge in [-0.25, -0.2) is 4.39 Å². The van der Waals surface area contributed by atoms with Gasteiger partial charge >= 0.3 is 0 Å². The molecule has 2 aromatic rings. The molecule has 0 heterocycles. The highest BCUT2D eigenvalue weighted by Gasteiger charge is 2.26. The predicted octanol–water partition coefficient (Wildman–Crippen LogP) is 3.28. The van der Waals surface area contributed by atoms with Gasteiger partial charge in [0, 0.05) is 12.0 Å². The van der Waals surface area contributed by atoms with E-state index in [0.29, 0.717) is 12.0 Å². The van der Waals surface area contributed by atoms with Gasteiger partial charge in [0.2, 0.25) is 0 Å². The molecule has 0 aliphatic rings. The summed E-state index contributed by atoms with van der Waals surface area (Å²) in [5.74, 6) is -0.367. The number of benzene rings is 2. The minimum atomic E-state index is -1.19. The Balaban J connectivity index is 2.28. The summed E-state index contributed by atoms with van der Waals surface area (Å²) in [5.41, 5.74) is 0.136. The standard InChI is InChI=1S/C15H15FO/c1-15(17,11-12-7-3-2-4-8-12)13-9-5-6-10-14(13)16/h2-10,17H,11H2,1H3. The highest BCUT2D eigenvalue weighted by molar-refractivity contribution is 5.27. The van der Waals surface area contributed by atoms with Crippen molar-refractivity contribution < 1.29 is 9.50 Å². The summed E-state index contributed by atoms with van der Waals surface area (Å²) in [4.78, 5) is 0. The normalized spacial score (nSPS) is 14.3. The van der Waals surface area contributed by atoms with Crippen LogP contribution in [0.4, 0.5) is 4.39 Å². The van der Waals surface area contributed by atoms with E-state index in [1.807, 2.05) is 30.3 Å². The van der Waals surface area contributed by atoms with Crippen molar-refractivity contribution in [3.05, 3.63) is 71.5 Å². The van der Waals surface area contributed by atoms with E-state index in [9.17, 15) is 9.50 Å². The topological polar surface area (TPSA) is 20.2 Å². The second-order valence-electron chi connectivity index (χ2n) is 4.42. The summed E-state index contributed by atoms with van der Waals surface area (Å²) < 4.78 is 13.6. The molecule has 0 fully saturated rings. The number of hydrogen-bond donors (Lipinski definition) is 1. The average molecular weight is 230 g/mol. The third-order valence-electron chi connectivity index (χ3n) is 2.85. The first-order chi connectivity index (χ1) is 8.09. The molecular weight excluding hydrogens is 215 g/mol. The molecule has 0 saturated carbocycles. The van der Waals surface area contributed by atoms with E-state index < -0.39 is 5.60 Å². The summed E-state index contributed by atoms with van der Waals surface area (Å²) in [7, 11) is 0. The molecule has 0 bridgehead atoms. The Kier molecular flexibility index (Phi) is 3.25. The van der Waals surface area contributed by atoms with E-state index in [-0.39, 0.29) is 5.82 Å². The highest BCUT2D eigenvalue weighted by Crippen LogP contribution is 2.27. The van der Waals surface area contributed by atoms with Crippen LogP contribution in [0.25, 0.3) is 0 Å². The van der Waals surface area contributed by atoms with E-state index in [2.05, 4.69) is 0 Å². The van der Waals surface area contributed by atoms with Gasteiger partial charge in [0.1, 0.15) is 5.82 Å². The molecule has 0 aliphatic carbocycles. The Morgan fingerprint density at radius 3 is 2.24 bits per heavy atom. The maximum Gasteiger partial charge on any atom is 0.129 e. The van der Waals surface area contributed by atoms with Crippen molar-refractivity contribution in [3.63, 3.8) is 0 Å². The van der Waals surface area contributed by atoms with Crippen LogP contribution in [0.3, 0.4) is 0 Å². The molecule has 2 heteroatoms. The first kappa shape index (κ1) is 11.8. The molecule has 1 atom stereocenters. The quantitative estimate of drug-likeness (QED) is 0.858. The maximum absolute atomic E-state index is 13.6. The lowest BCUT2D eigenvalue weighted by Gasteiger charge is -2.24. The molecule has 1 unspecified atom stereocenters. The third kappa shape index (κ3) is 2.71. The van der Waals surface area contributed by atoms with Gasteiger partial charge < -0.3 is 5.11 Å². The van der Waals surface area contributed by atoms with Gasteiger partial charge in [0.05, 0.1) is 5.60 Å². The van der Waals surface area contributed by atoms with Crippen LogP contribution < -0.4 is 0 Å². The van der Waals surface area contributed by atoms with Crippen LogP contribution in [0.5, 0.6) is 0 Å². The Morgan fingerprint density at radius 2 is 1.59 bits per heavy atom. The molecule has 0 spiro atoms. The monoisotopic (exact) mass is 230 g/mol. The smallest absolute Gasteiger partial charge is 0.129 e. The zero-order valence-corrected chi connectivity index (χ0v) is 9.73. The molecule has 17 heavy (non-hydrogen) atoms. The fourth-order valence-corrected chi connectivity index (χ4v) is 1.99. The van der Waals surface area contributed by atoms with Crippen LogP contribution in [-0.4, -0.2) is 5.11 Å². The first-order valence-corrected chi connectivity index (χ1v) is 5.61. The molecular formula is C15H15FO. The van der Waals surface area contributed by atoms with Crippen molar-refractivity contribution in [3.8, 4) is 0 Å². The second-order valence-corrected chi connectivity index (χ2v) is 4.42. The van der Waals surface area contributed by atoms with Gasteiger partial charge in [-0.05, 0) is 18.6 Å². The summed E-state index contributed by atoms with van der Waals surface area (Å²) in [6, 6.07) is 15.9. The molecule has 0 saturated heterocycles. The molecule has 88 valence electrons. The second kappa shape index (κ2) is 4.68. The largest absolute Gasteiger partial charge is 0.385 e. The van der Waals surface area contributed by atoms with Crippen LogP contribution >= 0.6 is 0 Å². The average Bonchev–Trinajstić information content (AvgIpc) is 2.30. The zero-order valence-electron chi connectivity index (χ0n) is 9.73. The number of aliphatic hydroxyl groups is 1. The van der Waals surface area contributed by atoms with Crippen molar-refractivity contribution in [2.24, 2.45) is 0 Å². The molecule has 0 amide bonds. The summed E-state index contributed by atoms with van der Waals surface area (Å²) >= 11 is 0. The highest BCUT2D eigenvalue weighted by atomic mass is 19.1. The molecule has 2 rings (SSSR count). The number of hydrogen-bond acceptors (Lipinski definition) is 1. The first-order valence-electron chi connectivity index (χ1n) is 5.61. The molecule has 0 aromatic heterocycles. The SMILES string of the molecule is CC(O)(Cc1ccccc1)c1ccccc1F. The molecule has 1 nitrogen and oxygen atoms in total. The number of halogens is 1. The maximum atomic E-state index is 13.6. The van der Waals surface area contributed by atoms with E-state index in [0.717, 1.165) is 5.56 Å². The van der Waals surface area contributed by atoms with E-state index in [1.54, 1.807) is 25.1 Å². The summed E-state index contributed by atoms with van der Waals surface area (Å²) in [6.45, 7) is 1.64. The number of rotatable bonds is 3. The van der Waals surface area contributed by atoms with Gasteiger partial charge in [-0.1, -0.05) is 48.5 Å². The van der Waals surface area contributed by atoms with Crippen LogP contribution in [0.1, 0.15) is 18.1 Å². The summed E-state index contributed by atoms with van der Waals surface area (Å²) in [6.07, 6.45) is 0.398. The van der Waals surface area contributed by atoms with Crippen LogP contribution in [-0.2, 0) is 12.0 Å². The van der Waals surface area contributed by atoms with Crippen molar-refractivity contribution in [1.82, 2.24) is 0 Å². The molecule has 0 aliphatic heterocycles. The molecule has 1 N–H and O–H groups in total. The lowest BCUT2D eigenvalue weighted by Crippen LogP contribution is -2.25. The zero-order chi connectivity index (χ0) is 12.3. The van der Waals surface area contributed by atoms with Crippen molar-refractivity contribution in [2.75, 3.05) is 0 Å². The van der Waals surface area contributed by atoms with Crippen LogP contribution in [0.15, 0.2) is 54.6 Å². The minimum absolute atomic E-state index is 0.337. The van der Waals surface area contributed by atoms with Gasteiger partial charge in [0.25, 0.3) is 0 Å². The molecule has 0 radical (unpaired) electrons. The predicted molar refractivity (Wildman–Crippen MR) is 66.1 cm³/mol.